The van der Waals surface area contributed by atoms with Crippen molar-refractivity contribution in [3.8, 4) is 5.75 Å². The lowest BCUT2D eigenvalue weighted by Gasteiger charge is -2.26. The Morgan fingerprint density at radius 1 is 1.12 bits per heavy atom. The van der Waals surface area contributed by atoms with Crippen molar-refractivity contribution in [2.75, 3.05) is 18.9 Å². The second-order valence-corrected chi connectivity index (χ2v) is 8.24. The van der Waals surface area contributed by atoms with Crippen LogP contribution in [0.2, 0.25) is 0 Å². The lowest BCUT2D eigenvalue weighted by atomic mass is 10.0. The van der Waals surface area contributed by atoms with E-state index in [1.165, 1.54) is 5.56 Å². The zero-order chi connectivity index (χ0) is 17.0. The number of nitrogens with one attached hydrogen (secondary N) is 1. The van der Waals surface area contributed by atoms with Gasteiger partial charge >= 0.3 is 0 Å². The van der Waals surface area contributed by atoms with Gasteiger partial charge in [0.25, 0.3) is 0 Å². The van der Waals surface area contributed by atoms with Gasteiger partial charge in [0.15, 0.2) is 9.84 Å². The Labute approximate surface area is 143 Å². The number of hydrogen-bond acceptors (Lipinski definition) is 4. The van der Waals surface area contributed by atoms with Crippen LogP contribution in [0.1, 0.15) is 30.0 Å². The number of rotatable bonds is 6. The molecule has 2 aromatic rings. The fourth-order valence-electron chi connectivity index (χ4n) is 2.98. The first-order chi connectivity index (χ1) is 11.6. The summed E-state index contributed by atoms with van der Waals surface area (Å²) >= 11 is 0. The first-order valence-electron chi connectivity index (χ1n) is 8.31. The maximum atomic E-state index is 12.1. The smallest absolute Gasteiger partial charge is 0.178 e. The normalized spacial score (nSPS) is 18.8. The standard InChI is InChI=1S/C19H23NO3S/c1-15-7-9-16(10-8-15)23-13-4-12-20-18-11-14-24(21,22)19-6-3-2-5-17(18)19/h2-3,5-10,18,20H,4,11-14H2,1H3/t18-/m1/s1. The van der Waals surface area contributed by atoms with Crippen molar-refractivity contribution >= 4 is 9.84 Å². The molecular weight excluding hydrogens is 322 g/mol. The van der Waals surface area contributed by atoms with Gasteiger partial charge in [0.1, 0.15) is 5.75 Å². The Hall–Kier alpha value is -1.85. The summed E-state index contributed by atoms with van der Waals surface area (Å²) < 4.78 is 30.0. The van der Waals surface area contributed by atoms with Crippen LogP contribution in [0, 0.1) is 6.92 Å². The van der Waals surface area contributed by atoms with Crippen LogP contribution in [0.15, 0.2) is 53.4 Å². The molecule has 0 bridgehead atoms. The summed E-state index contributed by atoms with van der Waals surface area (Å²) in [7, 11) is -3.11. The highest BCUT2D eigenvalue weighted by Crippen LogP contribution is 2.31. The Morgan fingerprint density at radius 3 is 2.67 bits per heavy atom. The van der Waals surface area contributed by atoms with Gasteiger partial charge in [-0.05, 0) is 50.1 Å². The van der Waals surface area contributed by atoms with Crippen molar-refractivity contribution < 1.29 is 13.2 Å². The van der Waals surface area contributed by atoms with Gasteiger partial charge in [0.2, 0.25) is 0 Å². The Kier molecular flexibility index (Phi) is 5.21. The van der Waals surface area contributed by atoms with E-state index in [0.717, 1.165) is 24.3 Å². The van der Waals surface area contributed by atoms with Crippen molar-refractivity contribution in [3.05, 3.63) is 59.7 Å². The monoisotopic (exact) mass is 345 g/mol. The predicted octanol–water partition coefficient (Wildman–Crippen LogP) is 3.27. The van der Waals surface area contributed by atoms with E-state index in [4.69, 9.17) is 4.74 Å². The van der Waals surface area contributed by atoms with E-state index in [-0.39, 0.29) is 11.8 Å². The van der Waals surface area contributed by atoms with Crippen LogP contribution < -0.4 is 10.1 Å². The maximum absolute atomic E-state index is 12.1. The number of sulfone groups is 1. The van der Waals surface area contributed by atoms with E-state index >= 15 is 0 Å². The molecule has 24 heavy (non-hydrogen) atoms. The molecule has 0 aromatic heterocycles. The summed E-state index contributed by atoms with van der Waals surface area (Å²) in [4.78, 5) is 0.477. The molecule has 5 heteroatoms. The molecule has 0 unspecified atom stereocenters. The van der Waals surface area contributed by atoms with E-state index in [2.05, 4.69) is 12.2 Å². The SMILES string of the molecule is Cc1ccc(OCCCN[C@@H]2CCS(=O)(=O)c3ccccc32)cc1. The Balaban J connectivity index is 1.50. The zero-order valence-corrected chi connectivity index (χ0v) is 14.7. The molecular formula is C19H23NO3S. The zero-order valence-electron chi connectivity index (χ0n) is 13.9. The van der Waals surface area contributed by atoms with Gasteiger partial charge in [0, 0.05) is 6.04 Å². The van der Waals surface area contributed by atoms with Gasteiger partial charge in [0.05, 0.1) is 17.3 Å². The first kappa shape index (κ1) is 17.0. The fraction of sp³-hybridized carbons (Fsp3) is 0.368. The minimum Gasteiger partial charge on any atom is -0.494 e. The average Bonchev–Trinajstić information content (AvgIpc) is 2.58. The molecule has 0 aliphatic carbocycles. The molecule has 0 saturated carbocycles. The number of ether oxygens (including phenoxy) is 1. The summed E-state index contributed by atoms with van der Waals surface area (Å²) in [5.41, 5.74) is 2.11. The number of hydrogen-bond donors (Lipinski definition) is 1. The van der Waals surface area contributed by atoms with Gasteiger partial charge in [-0.1, -0.05) is 35.9 Å². The fourth-order valence-corrected chi connectivity index (χ4v) is 4.60. The molecule has 1 aliphatic heterocycles. The molecule has 1 atom stereocenters. The number of benzene rings is 2. The summed E-state index contributed by atoms with van der Waals surface area (Å²) in [6.45, 7) is 3.49. The second-order valence-electron chi connectivity index (χ2n) is 6.17. The van der Waals surface area contributed by atoms with E-state index in [1.54, 1.807) is 12.1 Å². The molecule has 1 aliphatic rings. The maximum Gasteiger partial charge on any atom is 0.178 e. The second kappa shape index (κ2) is 7.36. The largest absolute Gasteiger partial charge is 0.494 e. The Bertz CT molecular complexity index is 785. The van der Waals surface area contributed by atoms with Gasteiger partial charge in [-0.25, -0.2) is 8.42 Å². The molecule has 128 valence electrons. The molecule has 3 rings (SSSR count). The highest BCUT2D eigenvalue weighted by molar-refractivity contribution is 7.91. The lowest BCUT2D eigenvalue weighted by Crippen LogP contribution is -2.30. The summed E-state index contributed by atoms with van der Waals surface area (Å²) in [6.07, 6.45) is 1.50. The summed E-state index contributed by atoms with van der Waals surface area (Å²) in [6, 6.07) is 15.4. The van der Waals surface area contributed by atoms with Crippen molar-refractivity contribution in [2.45, 2.75) is 30.7 Å². The van der Waals surface area contributed by atoms with Gasteiger partial charge < -0.3 is 10.1 Å². The molecule has 0 saturated heterocycles. The molecule has 0 amide bonds. The minimum atomic E-state index is -3.11. The van der Waals surface area contributed by atoms with Crippen LogP contribution in [0.5, 0.6) is 5.75 Å². The third-order valence-corrected chi connectivity index (χ3v) is 6.12. The lowest BCUT2D eigenvalue weighted by molar-refractivity contribution is 0.304. The quantitative estimate of drug-likeness (QED) is 0.817. The highest BCUT2D eigenvalue weighted by Gasteiger charge is 2.29. The minimum absolute atomic E-state index is 0.101. The first-order valence-corrected chi connectivity index (χ1v) is 9.96. The molecule has 0 spiro atoms. The molecule has 1 heterocycles. The van der Waals surface area contributed by atoms with Crippen molar-refractivity contribution in [1.29, 1.82) is 0 Å². The Morgan fingerprint density at radius 2 is 1.88 bits per heavy atom. The van der Waals surface area contributed by atoms with Crippen molar-refractivity contribution in [1.82, 2.24) is 5.32 Å². The van der Waals surface area contributed by atoms with Crippen LogP contribution >= 0.6 is 0 Å². The van der Waals surface area contributed by atoms with E-state index in [9.17, 15) is 8.42 Å². The van der Waals surface area contributed by atoms with Crippen LogP contribution in [-0.4, -0.2) is 27.3 Å². The number of fused-ring (bicyclic) bond motifs is 1. The number of aryl methyl sites for hydroxylation is 1. The van der Waals surface area contributed by atoms with E-state index in [1.807, 2.05) is 36.4 Å². The topological polar surface area (TPSA) is 55.4 Å². The molecule has 2 aromatic carbocycles. The van der Waals surface area contributed by atoms with Crippen LogP contribution in [0.25, 0.3) is 0 Å². The van der Waals surface area contributed by atoms with Gasteiger partial charge in [-0.2, -0.15) is 0 Å². The van der Waals surface area contributed by atoms with Crippen molar-refractivity contribution in [3.63, 3.8) is 0 Å². The van der Waals surface area contributed by atoms with Gasteiger partial charge in [-0.15, -0.1) is 0 Å². The summed E-state index contributed by atoms with van der Waals surface area (Å²) in [5, 5.41) is 3.47. The van der Waals surface area contributed by atoms with Crippen LogP contribution in [-0.2, 0) is 9.84 Å². The predicted molar refractivity (Wildman–Crippen MR) is 95.1 cm³/mol. The molecule has 0 radical (unpaired) electrons. The molecule has 4 nitrogen and oxygen atoms in total. The van der Waals surface area contributed by atoms with E-state index in [0.29, 0.717) is 17.9 Å². The van der Waals surface area contributed by atoms with E-state index < -0.39 is 9.84 Å². The third kappa shape index (κ3) is 3.97. The third-order valence-electron chi connectivity index (χ3n) is 4.31. The molecule has 1 N–H and O–H groups in total. The van der Waals surface area contributed by atoms with Crippen LogP contribution in [0.4, 0.5) is 0 Å². The van der Waals surface area contributed by atoms with Crippen molar-refractivity contribution in [2.24, 2.45) is 0 Å². The highest BCUT2D eigenvalue weighted by atomic mass is 32.2. The molecule has 0 fully saturated rings. The van der Waals surface area contributed by atoms with Gasteiger partial charge in [-0.3, -0.25) is 0 Å². The average molecular weight is 345 g/mol. The summed E-state index contributed by atoms with van der Waals surface area (Å²) in [5.74, 6) is 1.09. The van der Waals surface area contributed by atoms with Crippen LogP contribution in [0.3, 0.4) is 0 Å².